The molecule has 0 unspecified atom stereocenters. The Morgan fingerprint density at radius 1 is 1.43 bits per heavy atom. The third kappa shape index (κ3) is 3.36. The zero-order chi connectivity index (χ0) is 17.2. The Hall–Kier alpha value is -2.36. The van der Waals surface area contributed by atoms with Crippen LogP contribution in [0.4, 0.5) is 13.2 Å². The molecule has 0 amide bonds. The first-order valence-electron chi connectivity index (χ1n) is 6.70. The number of halogens is 3. The average Bonchev–Trinajstić information content (AvgIpc) is 2.85. The molecule has 2 aromatic heterocycles. The number of carbonyl (C=O) groups is 1. The van der Waals surface area contributed by atoms with Gasteiger partial charge in [0.25, 0.3) is 0 Å². The van der Waals surface area contributed by atoms with Gasteiger partial charge >= 0.3 is 12.1 Å². The molecule has 2 rings (SSSR count). The molecule has 0 spiro atoms. The van der Waals surface area contributed by atoms with Crippen LogP contribution in [0.2, 0.25) is 0 Å². The molecule has 1 atom stereocenters. The van der Waals surface area contributed by atoms with Gasteiger partial charge in [-0.3, -0.25) is 4.68 Å². The van der Waals surface area contributed by atoms with Gasteiger partial charge in [0.05, 0.1) is 18.2 Å². The van der Waals surface area contributed by atoms with E-state index in [9.17, 15) is 18.0 Å². The SMILES string of the molecule is CCOC(=O)c1cnc2c(cnn2C)c1O[C@H](CN)C(F)(F)F. The zero-order valence-corrected chi connectivity index (χ0v) is 12.4. The van der Waals surface area contributed by atoms with Crippen LogP contribution in [0.15, 0.2) is 12.4 Å². The quantitative estimate of drug-likeness (QED) is 0.833. The lowest BCUT2D eigenvalue weighted by Crippen LogP contribution is -2.41. The lowest BCUT2D eigenvalue weighted by atomic mass is 10.2. The first kappa shape index (κ1) is 17.0. The molecule has 0 saturated carbocycles. The molecule has 23 heavy (non-hydrogen) atoms. The average molecular weight is 332 g/mol. The number of hydrogen-bond donors (Lipinski definition) is 1. The molecule has 0 aromatic carbocycles. The van der Waals surface area contributed by atoms with Gasteiger partial charge in [0.15, 0.2) is 5.65 Å². The van der Waals surface area contributed by atoms with Crippen LogP contribution in [0.3, 0.4) is 0 Å². The summed E-state index contributed by atoms with van der Waals surface area (Å²) in [6.45, 7) is 0.839. The van der Waals surface area contributed by atoms with E-state index in [0.29, 0.717) is 0 Å². The lowest BCUT2D eigenvalue weighted by molar-refractivity contribution is -0.191. The number of ether oxygens (including phenoxy) is 2. The second-order valence-corrected chi connectivity index (χ2v) is 4.61. The highest BCUT2D eigenvalue weighted by Crippen LogP contribution is 2.32. The van der Waals surface area contributed by atoms with Gasteiger partial charge in [-0.2, -0.15) is 18.3 Å². The number of rotatable bonds is 5. The number of aryl methyl sites for hydroxylation is 1. The molecule has 0 saturated heterocycles. The highest BCUT2D eigenvalue weighted by molar-refractivity contribution is 5.98. The summed E-state index contributed by atoms with van der Waals surface area (Å²) in [5.41, 5.74) is 5.20. The minimum Gasteiger partial charge on any atom is -0.478 e. The van der Waals surface area contributed by atoms with Gasteiger partial charge in [0.1, 0.15) is 11.3 Å². The monoisotopic (exact) mass is 332 g/mol. The summed E-state index contributed by atoms with van der Waals surface area (Å²) in [4.78, 5) is 16.0. The van der Waals surface area contributed by atoms with Crippen molar-refractivity contribution in [3.05, 3.63) is 18.0 Å². The fourth-order valence-corrected chi connectivity index (χ4v) is 1.95. The third-order valence-corrected chi connectivity index (χ3v) is 3.05. The summed E-state index contributed by atoms with van der Waals surface area (Å²) in [5, 5.41) is 4.08. The predicted octanol–water partition coefficient (Wildman–Crippen LogP) is 1.41. The van der Waals surface area contributed by atoms with Crippen LogP contribution < -0.4 is 10.5 Å². The molecule has 10 heteroatoms. The van der Waals surface area contributed by atoms with Gasteiger partial charge in [-0.05, 0) is 6.92 Å². The predicted molar refractivity (Wildman–Crippen MR) is 74.0 cm³/mol. The minimum atomic E-state index is -4.68. The summed E-state index contributed by atoms with van der Waals surface area (Å²) >= 11 is 0. The van der Waals surface area contributed by atoms with Crippen molar-refractivity contribution in [1.82, 2.24) is 14.8 Å². The minimum absolute atomic E-state index is 0.0585. The molecule has 0 aliphatic rings. The highest BCUT2D eigenvalue weighted by Gasteiger charge is 2.42. The van der Waals surface area contributed by atoms with E-state index in [1.807, 2.05) is 0 Å². The van der Waals surface area contributed by atoms with Crippen LogP contribution in [0.1, 0.15) is 17.3 Å². The number of nitrogens with zero attached hydrogens (tertiary/aromatic N) is 3. The number of pyridine rings is 1. The van der Waals surface area contributed by atoms with Crippen LogP contribution in [0, 0.1) is 0 Å². The standard InChI is InChI=1S/C13H15F3N4O3/c1-3-22-12(21)8-5-18-11-7(6-19-20(11)2)10(8)23-9(4-17)13(14,15)16/h5-6,9H,3-4,17H2,1-2H3/t9-/m1/s1. The summed E-state index contributed by atoms with van der Waals surface area (Å²) in [7, 11) is 1.56. The smallest absolute Gasteiger partial charge is 0.426 e. The van der Waals surface area contributed by atoms with E-state index in [0.717, 1.165) is 6.20 Å². The summed E-state index contributed by atoms with van der Waals surface area (Å²) in [5.74, 6) is -1.13. The normalized spacial score (nSPS) is 13.1. The second-order valence-electron chi connectivity index (χ2n) is 4.61. The summed E-state index contributed by atoms with van der Waals surface area (Å²) < 4.78 is 50.0. The topological polar surface area (TPSA) is 92.3 Å². The van der Waals surface area contributed by atoms with Crippen molar-refractivity contribution in [2.24, 2.45) is 12.8 Å². The van der Waals surface area contributed by atoms with Gasteiger partial charge in [-0.25, -0.2) is 9.78 Å². The number of aromatic nitrogens is 3. The van der Waals surface area contributed by atoms with Gasteiger partial charge < -0.3 is 15.2 Å². The molecule has 0 aliphatic heterocycles. The molecule has 7 nitrogen and oxygen atoms in total. The molecule has 0 bridgehead atoms. The number of hydrogen-bond acceptors (Lipinski definition) is 6. The van der Waals surface area contributed by atoms with Gasteiger partial charge in [0.2, 0.25) is 6.10 Å². The van der Waals surface area contributed by atoms with Crippen LogP contribution >= 0.6 is 0 Å². The van der Waals surface area contributed by atoms with Crippen molar-refractivity contribution in [3.63, 3.8) is 0 Å². The van der Waals surface area contributed by atoms with E-state index < -0.39 is 24.8 Å². The molecular weight excluding hydrogens is 317 g/mol. The maximum absolute atomic E-state index is 12.9. The molecule has 2 heterocycles. The van der Waals surface area contributed by atoms with Crippen LogP contribution in [0.5, 0.6) is 5.75 Å². The fourth-order valence-electron chi connectivity index (χ4n) is 1.95. The molecule has 0 fully saturated rings. The van der Waals surface area contributed by atoms with E-state index in [2.05, 4.69) is 10.1 Å². The maximum Gasteiger partial charge on any atom is 0.426 e. The van der Waals surface area contributed by atoms with Crippen LogP contribution in [-0.4, -0.2) is 46.2 Å². The molecule has 0 aliphatic carbocycles. The molecule has 126 valence electrons. The van der Waals surface area contributed by atoms with Crippen molar-refractivity contribution in [2.75, 3.05) is 13.2 Å². The lowest BCUT2D eigenvalue weighted by Gasteiger charge is -2.21. The largest absolute Gasteiger partial charge is 0.478 e. The summed E-state index contributed by atoms with van der Waals surface area (Å²) in [6.07, 6.45) is -4.58. The Morgan fingerprint density at radius 3 is 2.70 bits per heavy atom. The Morgan fingerprint density at radius 2 is 2.13 bits per heavy atom. The Bertz CT molecular complexity index is 714. The van der Waals surface area contributed by atoms with Gasteiger partial charge in [-0.1, -0.05) is 0 Å². The van der Waals surface area contributed by atoms with Gasteiger partial charge in [0, 0.05) is 19.8 Å². The van der Waals surface area contributed by atoms with Crippen molar-refractivity contribution in [3.8, 4) is 5.75 Å². The molecular formula is C13H15F3N4O3. The van der Waals surface area contributed by atoms with Crippen LogP contribution in [0.25, 0.3) is 11.0 Å². The second kappa shape index (κ2) is 6.41. The Labute approximate surface area is 129 Å². The number of carbonyl (C=O) groups excluding carboxylic acids is 1. The number of alkyl halides is 3. The first-order valence-corrected chi connectivity index (χ1v) is 6.70. The van der Waals surface area contributed by atoms with Crippen molar-refractivity contribution in [2.45, 2.75) is 19.2 Å². The van der Waals surface area contributed by atoms with E-state index in [-0.39, 0.29) is 29.0 Å². The molecule has 2 aromatic rings. The maximum atomic E-state index is 12.9. The van der Waals surface area contributed by atoms with E-state index in [1.54, 1.807) is 14.0 Å². The number of esters is 1. The van der Waals surface area contributed by atoms with Gasteiger partial charge in [-0.15, -0.1) is 0 Å². The molecule has 2 N–H and O–H groups in total. The zero-order valence-electron chi connectivity index (χ0n) is 12.4. The highest BCUT2D eigenvalue weighted by atomic mass is 19.4. The fraction of sp³-hybridized carbons (Fsp3) is 0.462. The molecule has 0 radical (unpaired) electrons. The number of fused-ring (bicyclic) bond motifs is 1. The van der Waals surface area contributed by atoms with E-state index in [4.69, 9.17) is 15.2 Å². The van der Waals surface area contributed by atoms with Crippen molar-refractivity contribution in [1.29, 1.82) is 0 Å². The first-order chi connectivity index (χ1) is 10.8. The van der Waals surface area contributed by atoms with E-state index in [1.165, 1.54) is 10.9 Å². The Kier molecular flexibility index (Phi) is 4.73. The summed E-state index contributed by atoms with van der Waals surface area (Å²) in [6, 6.07) is 0. The van der Waals surface area contributed by atoms with Crippen molar-refractivity contribution >= 4 is 17.0 Å². The van der Waals surface area contributed by atoms with Crippen molar-refractivity contribution < 1.29 is 27.4 Å². The van der Waals surface area contributed by atoms with E-state index >= 15 is 0 Å². The number of nitrogens with two attached hydrogens (primary N) is 1. The Balaban J connectivity index is 2.56. The van der Waals surface area contributed by atoms with Crippen LogP contribution in [-0.2, 0) is 11.8 Å². The third-order valence-electron chi connectivity index (χ3n) is 3.05.